The van der Waals surface area contributed by atoms with Crippen LogP contribution in [0.3, 0.4) is 0 Å². The van der Waals surface area contributed by atoms with Crippen molar-refractivity contribution in [2.45, 2.75) is 0 Å². The standard InChI is InChI=1S/C9H5BrO2S/c10-7-3-1-6(2-4-7)8-5-13-9(11)12-8/h1-5H. The molecule has 0 N–H and O–H groups in total. The van der Waals surface area contributed by atoms with Gasteiger partial charge in [0.2, 0.25) is 0 Å². The van der Waals surface area contributed by atoms with Gasteiger partial charge in [0, 0.05) is 15.4 Å². The average Bonchev–Trinajstić information content (AvgIpc) is 2.53. The first-order valence-electron chi connectivity index (χ1n) is 3.60. The van der Waals surface area contributed by atoms with Crippen molar-refractivity contribution in [3.05, 3.63) is 43.9 Å². The van der Waals surface area contributed by atoms with Crippen LogP contribution in [0.1, 0.15) is 0 Å². The molecule has 1 heterocycles. The molecule has 2 nitrogen and oxygen atoms in total. The zero-order chi connectivity index (χ0) is 9.26. The van der Waals surface area contributed by atoms with Crippen molar-refractivity contribution in [2.24, 2.45) is 0 Å². The van der Waals surface area contributed by atoms with Gasteiger partial charge in [0.05, 0.1) is 0 Å². The Morgan fingerprint density at radius 2 is 1.92 bits per heavy atom. The number of rotatable bonds is 1. The fourth-order valence-corrected chi connectivity index (χ4v) is 1.77. The lowest BCUT2D eigenvalue weighted by Gasteiger charge is -1.94. The summed E-state index contributed by atoms with van der Waals surface area (Å²) in [6.07, 6.45) is 0. The number of hydrogen-bond acceptors (Lipinski definition) is 3. The van der Waals surface area contributed by atoms with Crippen molar-refractivity contribution in [1.82, 2.24) is 0 Å². The van der Waals surface area contributed by atoms with Crippen molar-refractivity contribution in [3.8, 4) is 11.3 Å². The largest absolute Gasteiger partial charge is 0.414 e. The minimum Gasteiger partial charge on any atom is -0.414 e. The lowest BCUT2D eigenvalue weighted by molar-refractivity contribution is 0.552. The van der Waals surface area contributed by atoms with Crippen molar-refractivity contribution in [1.29, 1.82) is 0 Å². The van der Waals surface area contributed by atoms with Crippen LogP contribution in [-0.2, 0) is 0 Å². The minimum absolute atomic E-state index is 0.266. The summed E-state index contributed by atoms with van der Waals surface area (Å²) in [4.78, 5) is 10.5. The Balaban J connectivity index is 2.47. The predicted octanol–water partition coefficient (Wildman–Crippen LogP) is 3.13. The van der Waals surface area contributed by atoms with Gasteiger partial charge in [-0.2, -0.15) is 0 Å². The maximum absolute atomic E-state index is 10.8. The van der Waals surface area contributed by atoms with E-state index in [9.17, 15) is 4.79 Å². The highest BCUT2D eigenvalue weighted by molar-refractivity contribution is 9.10. The molecular formula is C9H5BrO2S. The summed E-state index contributed by atoms with van der Waals surface area (Å²) in [6.45, 7) is 0. The van der Waals surface area contributed by atoms with Crippen molar-refractivity contribution >= 4 is 27.3 Å². The Kier molecular flexibility index (Phi) is 2.33. The minimum atomic E-state index is -0.266. The molecule has 2 aromatic rings. The van der Waals surface area contributed by atoms with Crippen molar-refractivity contribution < 1.29 is 4.42 Å². The van der Waals surface area contributed by atoms with Crippen LogP contribution >= 0.6 is 27.3 Å². The van der Waals surface area contributed by atoms with E-state index in [0.717, 1.165) is 21.4 Å². The Morgan fingerprint density at radius 3 is 2.46 bits per heavy atom. The SMILES string of the molecule is O=c1oc(-c2ccc(Br)cc2)cs1. The molecule has 0 fully saturated rings. The molecular weight excluding hydrogens is 252 g/mol. The summed E-state index contributed by atoms with van der Waals surface area (Å²) in [7, 11) is 0. The van der Waals surface area contributed by atoms with E-state index in [1.165, 1.54) is 0 Å². The van der Waals surface area contributed by atoms with Gasteiger partial charge in [-0.05, 0) is 12.1 Å². The molecule has 0 aliphatic carbocycles. The quantitative estimate of drug-likeness (QED) is 0.785. The summed E-state index contributed by atoms with van der Waals surface area (Å²) in [5, 5.41) is 1.71. The summed E-state index contributed by atoms with van der Waals surface area (Å²) in [5.74, 6) is 0.627. The lowest BCUT2D eigenvalue weighted by atomic mass is 10.2. The van der Waals surface area contributed by atoms with Gasteiger partial charge >= 0.3 is 4.94 Å². The first-order valence-corrected chi connectivity index (χ1v) is 5.27. The molecule has 0 amide bonds. The van der Waals surface area contributed by atoms with Gasteiger partial charge in [-0.25, -0.2) is 4.79 Å². The molecule has 0 saturated carbocycles. The van der Waals surface area contributed by atoms with Gasteiger partial charge in [-0.15, -0.1) is 0 Å². The third-order valence-corrected chi connectivity index (χ3v) is 2.72. The van der Waals surface area contributed by atoms with E-state index < -0.39 is 0 Å². The predicted molar refractivity (Wildman–Crippen MR) is 56.0 cm³/mol. The van der Waals surface area contributed by atoms with Crippen molar-refractivity contribution in [2.75, 3.05) is 0 Å². The summed E-state index contributed by atoms with van der Waals surface area (Å²) in [6, 6.07) is 7.62. The number of benzene rings is 1. The Hall–Kier alpha value is -0.870. The molecule has 0 spiro atoms. The van der Waals surface area contributed by atoms with Crippen LogP contribution in [-0.4, -0.2) is 0 Å². The topological polar surface area (TPSA) is 30.2 Å². The van der Waals surface area contributed by atoms with Crippen molar-refractivity contribution in [3.63, 3.8) is 0 Å². The van der Waals surface area contributed by atoms with E-state index in [4.69, 9.17) is 4.42 Å². The molecule has 0 aliphatic heterocycles. The first kappa shape index (κ1) is 8.72. The smallest absolute Gasteiger partial charge is 0.395 e. The van der Waals surface area contributed by atoms with E-state index in [-0.39, 0.29) is 4.94 Å². The van der Waals surface area contributed by atoms with E-state index in [0.29, 0.717) is 5.76 Å². The molecule has 4 heteroatoms. The maximum Gasteiger partial charge on any atom is 0.395 e. The van der Waals surface area contributed by atoms with Gasteiger partial charge in [0.25, 0.3) is 0 Å². The Labute approximate surface area is 87.0 Å². The summed E-state index contributed by atoms with van der Waals surface area (Å²) < 4.78 is 5.97. The third kappa shape index (κ3) is 1.89. The second-order valence-electron chi connectivity index (χ2n) is 2.46. The molecule has 1 aromatic heterocycles. The average molecular weight is 257 g/mol. The van der Waals surface area contributed by atoms with Gasteiger partial charge in [-0.3, -0.25) is 0 Å². The molecule has 1 aromatic carbocycles. The second-order valence-corrected chi connectivity index (χ2v) is 4.18. The van der Waals surface area contributed by atoms with E-state index in [2.05, 4.69) is 15.9 Å². The van der Waals surface area contributed by atoms with E-state index >= 15 is 0 Å². The molecule has 0 aliphatic rings. The second kappa shape index (κ2) is 3.47. The monoisotopic (exact) mass is 256 g/mol. The first-order chi connectivity index (χ1) is 6.25. The fraction of sp³-hybridized carbons (Fsp3) is 0. The fourth-order valence-electron chi connectivity index (χ4n) is 0.981. The molecule has 0 saturated heterocycles. The summed E-state index contributed by atoms with van der Waals surface area (Å²) >= 11 is 4.40. The van der Waals surface area contributed by atoms with Crippen LogP contribution in [0.25, 0.3) is 11.3 Å². The van der Waals surface area contributed by atoms with Gasteiger partial charge < -0.3 is 4.42 Å². The molecule has 0 bridgehead atoms. The lowest BCUT2D eigenvalue weighted by Crippen LogP contribution is -1.81. The van der Waals surface area contributed by atoms with Crippen LogP contribution in [0, 0.1) is 0 Å². The Bertz CT molecular complexity index is 455. The highest BCUT2D eigenvalue weighted by Crippen LogP contribution is 2.21. The zero-order valence-corrected chi connectivity index (χ0v) is 8.89. The normalized spacial score (nSPS) is 10.2. The number of hydrogen-bond donors (Lipinski definition) is 0. The molecule has 13 heavy (non-hydrogen) atoms. The van der Waals surface area contributed by atoms with Crippen LogP contribution < -0.4 is 4.94 Å². The highest BCUT2D eigenvalue weighted by atomic mass is 79.9. The molecule has 66 valence electrons. The molecule has 0 atom stereocenters. The Morgan fingerprint density at radius 1 is 1.23 bits per heavy atom. The molecule has 2 rings (SSSR count). The van der Waals surface area contributed by atoms with Crippen LogP contribution in [0.4, 0.5) is 0 Å². The van der Waals surface area contributed by atoms with Gasteiger partial charge in [0.15, 0.2) is 0 Å². The van der Waals surface area contributed by atoms with E-state index in [1.807, 2.05) is 24.3 Å². The maximum atomic E-state index is 10.8. The highest BCUT2D eigenvalue weighted by Gasteiger charge is 2.01. The third-order valence-electron chi connectivity index (χ3n) is 1.58. The molecule has 0 radical (unpaired) electrons. The van der Waals surface area contributed by atoms with Crippen LogP contribution in [0.5, 0.6) is 0 Å². The summed E-state index contributed by atoms with van der Waals surface area (Å²) in [5.41, 5.74) is 0.918. The van der Waals surface area contributed by atoms with Gasteiger partial charge in [0.1, 0.15) is 5.76 Å². The van der Waals surface area contributed by atoms with Crippen LogP contribution in [0.2, 0.25) is 0 Å². The van der Waals surface area contributed by atoms with E-state index in [1.54, 1.807) is 5.38 Å². The van der Waals surface area contributed by atoms with Crippen LogP contribution in [0.15, 0.2) is 43.3 Å². The molecule has 0 unspecified atom stereocenters. The van der Waals surface area contributed by atoms with Gasteiger partial charge in [-0.1, -0.05) is 39.4 Å². The zero-order valence-electron chi connectivity index (χ0n) is 6.49. The number of halogens is 1.